The zero-order chi connectivity index (χ0) is 75.4. The lowest BCUT2D eigenvalue weighted by molar-refractivity contribution is -0.141. The van der Waals surface area contributed by atoms with E-state index in [4.69, 9.17) is 67.1 Å². The zero-order valence-corrected chi connectivity index (χ0v) is 61.4. The average molecular weight is 1510 g/mol. The van der Waals surface area contributed by atoms with Crippen molar-refractivity contribution in [3.8, 4) is 64.2 Å². The van der Waals surface area contributed by atoms with Crippen molar-refractivity contribution in [2.24, 2.45) is 0 Å². The lowest BCUT2D eigenvalue weighted by Crippen LogP contribution is -2.19. The van der Waals surface area contributed by atoms with E-state index >= 15 is 0 Å². The van der Waals surface area contributed by atoms with Crippen LogP contribution in [0.1, 0.15) is 125 Å². The van der Waals surface area contributed by atoms with Crippen molar-refractivity contribution < 1.29 is 85.7 Å². The number of allylic oxidation sites excluding steroid dienone is 3. The number of rotatable bonds is 28. The van der Waals surface area contributed by atoms with E-state index in [-0.39, 0.29) is 118 Å². The highest BCUT2D eigenvalue weighted by Crippen LogP contribution is 2.63. The number of benzene rings is 5. The monoisotopic (exact) mass is 1510 g/mol. The third-order valence-corrected chi connectivity index (χ3v) is 22.1. The molecule has 104 heavy (non-hydrogen) atoms. The van der Waals surface area contributed by atoms with Crippen LogP contribution < -0.4 is 37.9 Å². The number of ether oxygens (including phenoxy) is 10. The number of esters is 8. The third kappa shape index (κ3) is 20.5. The maximum absolute atomic E-state index is 13.9. The molecular formula is C74H60N6O18S6. The van der Waals surface area contributed by atoms with Gasteiger partial charge in [-0.05, 0) is 109 Å². The van der Waals surface area contributed by atoms with Gasteiger partial charge in [-0.15, -0.1) is 0 Å². The minimum absolute atomic E-state index is 0.0365. The Morgan fingerprint density at radius 3 is 1.02 bits per heavy atom. The molecule has 0 fully saturated rings. The van der Waals surface area contributed by atoms with Crippen molar-refractivity contribution in [2.75, 3.05) is 26.4 Å². The maximum atomic E-state index is 13.9. The number of unbranched alkanes of at least 4 members (excludes halogenated alkanes) is 2. The van der Waals surface area contributed by atoms with Crippen LogP contribution in [0.15, 0.2) is 157 Å². The van der Waals surface area contributed by atoms with Crippen LogP contribution in [0.4, 0.5) is 0 Å². The Morgan fingerprint density at radius 2 is 0.721 bits per heavy atom. The van der Waals surface area contributed by atoms with Crippen molar-refractivity contribution in [3.05, 3.63) is 184 Å². The molecule has 0 aliphatic carbocycles. The summed E-state index contributed by atoms with van der Waals surface area (Å²) in [7, 11) is 0. The van der Waals surface area contributed by atoms with Gasteiger partial charge < -0.3 is 47.4 Å². The molecule has 3 heterocycles. The predicted molar refractivity (Wildman–Crippen MR) is 385 cm³/mol. The second-order valence-corrected chi connectivity index (χ2v) is 30.7. The topological polar surface area (TPSA) is 313 Å². The molecule has 0 unspecified atom stereocenters. The van der Waals surface area contributed by atoms with E-state index < -0.39 is 84.3 Å². The summed E-state index contributed by atoms with van der Waals surface area (Å²) in [4.78, 5) is 117. The van der Waals surface area contributed by atoms with Crippen molar-refractivity contribution in [3.63, 3.8) is 0 Å². The number of nitriles is 3. The van der Waals surface area contributed by atoms with Gasteiger partial charge in [0, 0.05) is 23.3 Å². The van der Waals surface area contributed by atoms with Gasteiger partial charge in [0.15, 0.2) is 0 Å². The van der Waals surface area contributed by atoms with Gasteiger partial charge >= 0.3 is 47.8 Å². The molecule has 0 saturated heterocycles. The fraction of sp³-hybridized carbons (Fsp3) is 0.270. The highest BCUT2D eigenvalue weighted by molar-refractivity contribution is 8.25. The molecular weight excluding hydrogens is 1450 g/mol. The quantitative estimate of drug-likeness (QED) is 0.0112. The van der Waals surface area contributed by atoms with E-state index in [1.807, 2.05) is 59.8 Å². The fourth-order valence-corrected chi connectivity index (χ4v) is 16.7. The second kappa shape index (κ2) is 36.4. The van der Waals surface area contributed by atoms with E-state index in [0.717, 1.165) is 82.7 Å². The first-order chi connectivity index (χ1) is 49.7. The summed E-state index contributed by atoms with van der Waals surface area (Å²) in [6, 6.07) is 23.7. The number of hydrogen-bond acceptors (Lipinski definition) is 27. The molecule has 0 radical (unpaired) electrons. The van der Waals surface area contributed by atoms with E-state index in [2.05, 4.69) is 27.7 Å². The number of thioether (sulfide) groups is 6. The number of hydrogen-bond donors (Lipinski definition) is 0. The molecule has 0 aromatic heterocycles. The third-order valence-electron chi connectivity index (χ3n) is 14.3. The minimum atomic E-state index is -0.916. The normalized spacial score (nSPS) is 13.8. The molecule has 5 aromatic carbocycles. The van der Waals surface area contributed by atoms with Gasteiger partial charge in [0.1, 0.15) is 46.0 Å². The van der Waals surface area contributed by atoms with Crippen molar-refractivity contribution in [2.45, 2.75) is 133 Å². The van der Waals surface area contributed by atoms with Crippen molar-refractivity contribution >= 4 is 118 Å². The smallest absolute Gasteiger partial charge is 0.343 e. The maximum Gasteiger partial charge on any atom is 0.343 e. The number of nitrogens with zero attached hydrogens (tertiary/aromatic N) is 6. The van der Waals surface area contributed by atoms with Gasteiger partial charge in [-0.25, -0.2) is 49.5 Å². The molecule has 5 aromatic rings. The van der Waals surface area contributed by atoms with Gasteiger partial charge in [0.2, 0.25) is 0 Å². The molecule has 24 nitrogen and oxygen atoms in total. The van der Waals surface area contributed by atoms with Crippen LogP contribution in [0, 0.1) is 53.7 Å². The molecule has 0 atom stereocenters. The van der Waals surface area contributed by atoms with Gasteiger partial charge in [0.25, 0.3) is 17.1 Å². The van der Waals surface area contributed by atoms with E-state index in [1.54, 1.807) is 24.3 Å². The molecule has 3 aliphatic heterocycles. The second-order valence-electron chi connectivity index (χ2n) is 23.8. The van der Waals surface area contributed by atoms with Crippen molar-refractivity contribution in [1.29, 1.82) is 15.8 Å². The van der Waals surface area contributed by atoms with Gasteiger partial charge in [0.05, 0.1) is 143 Å². The predicted octanol–water partition coefficient (Wildman–Crippen LogP) is 16.5. The molecule has 530 valence electrons. The summed E-state index contributed by atoms with van der Waals surface area (Å²) in [5.41, 5.74) is -1.32. The summed E-state index contributed by atoms with van der Waals surface area (Å²) in [5.74, 6) is -5.18. The Kier molecular flexibility index (Phi) is 27.6. The van der Waals surface area contributed by atoms with E-state index in [9.17, 15) is 54.1 Å². The SMILES string of the molecule is [C-]#[N+]C(C#N)=C1Sc2c(OC(=O)CCC(=O)Oc3c(C(C)(C)C)cc(OC(=O)c4ccc(OCCCCOC(=O)C=C)cc4)c4c3S/C(=C(/C#N)[N+]#[C-])S4)ccc(OC(=O)CCC(=O)Oc3c(C(C)(C)C)cc(OC(=O)c4ccc(OCCCCOC(=O)C=C)cc4)c4c3S/C(=C(\C#N)[N+]#[C-])S4)c2S1. The molecule has 0 amide bonds. The lowest BCUT2D eigenvalue weighted by Gasteiger charge is -2.25. The molecule has 0 N–H and O–H groups in total. The first-order valence-corrected chi connectivity index (χ1v) is 36.2. The van der Waals surface area contributed by atoms with Crippen LogP contribution in [0.2, 0.25) is 0 Å². The Bertz CT molecular complexity index is 4400. The standard InChI is InChI=1S/C74H60N6O18S6/c1-12-54(81)91-34-16-14-32-89-43-22-18-41(19-23-43)68(87)95-52-36-45(73(3,4)5)60(66-64(52)101-71(103-66)48(39-76)79-10)97-58(85)30-28-56(83)93-50-26-27-51(63-62(50)99-70(100-63)47(38-75)78-9)94-57(84)29-31-59(86)98-61-46(74(6,7)8)37-53(65-67(61)104-72(102-65)49(40-77)80-11)96-69(88)42-20-24-44(25-21-42)90-33-15-17-35-92-55(82)13-2/h12-13,18-27,36-37H,1-2,14-17,28-35H2,3-8H3/b70-47?,71-48-,72-49+. The Morgan fingerprint density at radius 1 is 0.423 bits per heavy atom. The summed E-state index contributed by atoms with van der Waals surface area (Å²) in [5, 5.41) is 29.6. The summed E-state index contributed by atoms with van der Waals surface area (Å²) in [6.07, 6.45) is 2.30. The first kappa shape index (κ1) is 78.9. The van der Waals surface area contributed by atoms with Gasteiger partial charge in [-0.2, -0.15) is 0 Å². The van der Waals surface area contributed by atoms with Crippen LogP contribution >= 0.6 is 70.6 Å². The Labute approximate surface area is 623 Å². The molecule has 3 aliphatic rings. The largest absolute Gasteiger partial charge is 0.494 e. The highest BCUT2D eigenvalue weighted by atomic mass is 32.2. The van der Waals surface area contributed by atoms with Crippen LogP contribution in [0.5, 0.6) is 46.0 Å². The number of fused-ring (bicyclic) bond motifs is 3. The lowest BCUT2D eigenvalue weighted by atomic mass is 9.86. The molecule has 0 saturated carbocycles. The highest BCUT2D eigenvalue weighted by Gasteiger charge is 2.39. The minimum Gasteiger partial charge on any atom is -0.494 e. The molecule has 0 bridgehead atoms. The van der Waals surface area contributed by atoms with Crippen LogP contribution in [0.3, 0.4) is 0 Å². The Balaban J connectivity index is 0.938. The summed E-state index contributed by atoms with van der Waals surface area (Å²) in [6.45, 7) is 41.7. The van der Waals surface area contributed by atoms with Crippen LogP contribution in [0.25, 0.3) is 14.5 Å². The number of carbonyl (C=O) groups excluding carboxylic acids is 8. The zero-order valence-electron chi connectivity index (χ0n) is 56.5. The summed E-state index contributed by atoms with van der Waals surface area (Å²) < 4.78 is 57.8. The van der Waals surface area contributed by atoms with E-state index in [0.29, 0.717) is 61.5 Å². The Hall–Kier alpha value is -10.8. The van der Waals surface area contributed by atoms with E-state index in [1.165, 1.54) is 48.5 Å². The molecule has 30 heteroatoms. The van der Waals surface area contributed by atoms with Gasteiger partial charge in [-0.1, -0.05) is 125 Å². The first-order valence-electron chi connectivity index (χ1n) is 31.3. The number of carbonyl (C=O) groups is 8. The molecule has 8 rings (SSSR count). The van der Waals surface area contributed by atoms with Gasteiger partial charge in [-0.3, -0.25) is 19.2 Å². The van der Waals surface area contributed by atoms with Crippen LogP contribution in [-0.2, 0) is 49.1 Å². The molecule has 0 spiro atoms. The van der Waals surface area contributed by atoms with Crippen LogP contribution in [-0.4, -0.2) is 74.2 Å². The summed E-state index contributed by atoms with van der Waals surface area (Å²) >= 11 is 5.69. The van der Waals surface area contributed by atoms with Crippen molar-refractivity contribution in [1.82, 2.24) is 0 Å². The average Bonchev–Trinajstić information content (AvgIpc) is 1.56. The fourth-order valence-electron chi connectivity index (χ4n) is 9.21.